The van der Waals surface area contributed by atoms with E-state index in [0.717, 1.165) is 39.0 Å². The van der Waals surface area contributed by atoms with Gasteiger partial charge in [-0.25, -0.2) is 0 Å². The normalized spacial score (nSPS) is 18.0. The topological polar surface area (TPSA) is 44.4 Å². The lowest BCUT2D eigenvalue weighted by Crippen LogP contribution is -2.35. The number of nitrogens with one attached hydrogen (secondary N) is 2. The minimum absolute atomic E-state index is 0.0657. The van der Waals surface area contributed by atoms with Crippen LogP contribution in [0.15, 0.2) is 18.2 Å². The Bertz CT molecular complexity index is 487. The van der Waals surface area contributed by atoms with Crippen molar-refractivity contribution in [1.29, 1.82) is 0 Å². The van der Waals surface area contributed by atoms with E-state index in [1.54, 1.807) is 6.92 Å². The summed E-state index contributed by atoms with van der Waals surface area (Å²) in [6, 6.07) is 6.97. The number of hydrogen-bond donors (Lipinski definition) is 2. The minimum Gasteiger partial charge on any atom is -0.369 e. The number of benzene rings is 1. The van der Waals surface area contributed by atoms with Gasteiger partial charge in [0.05, 0.1) is 0 Å². The first-order valence-electron chi connectivity index (χ1n) is 7.92. The smallest absolute Gasteiger partial charge is 0.217 e. The predicted octanol–water partition coefficient (Wildman–Crippen LogP) is 2.21. The fourth-order valence-corrected chi connectivity index (χ4v) is 2.98. The monoisotopic (exact) mass is 289 g/mol. The van der Waals surface area contributed by atoms with Crippen LogP contribution in [-0.2, 0) is 11.3 Å². The molecule has 4 heteroatoms. The molecule has 116 valence electrons. The Labute approximate surface area is 127 Å². The summed E-state index contributed by atoms with van der Waals surface area (Å²) in [5.74, 6) is 0.0657. The molecule has 21 heavy (non-hydrogen) atoms. The Morgan fingerprint density at radius 1 is 1.43 bits per heavy atom. The number of amides is 1. The van der Waals surface area contributed by atoms with E-state index in [-0.39, 0.29) is 11.9 Å². The van der Waals surface area contributed by atoms with E-state index in [0.29, 0.717) is 0 Å². The van der Waals surface area contributed by atoms with Crippen LogP contribution in [-0.4, -0.2) is 31.6 Å². The molecule has 4 nitrogen and oxygen atoms in total. The van der Waals surface area contributed by atoms with Crippen LogP contribution in [0.25, 0.3) is 0 Å². The second-order valence-corrected chi connectivity index (χ2v) is 5.93. The van der Waals surface area contributed by atoms with Gasteiger partial charge in [0.2, 0.25) is 5.91 Å². The zero-order valence-electron chi connectivity index (χ0n) is 13.4. The Morgan fingerprint density at radius 3 is 2.90 bits per heavy atom. The number of aryl methyl sites for hydroxylation is 1. The fraction of sp³-hybridized carbons (Fsp3) is 0.588. The molecule has 0 saturated carbocycles. The van der Waals surface area contributed by atoms with E-state index in [4.69, 9.17) is 0 Å². The van der Waals surface area contributed by atoms with Gasteiger partial charge in [-0.2, -0.15) is 0 Å². The van der Waals surface area contributed by atoms with Crippen molar-refractivity contribution < 1.29 is 4.79 Å². The van der Waals surface area contributed by atoms with Gasteiger partial charge < -0.3 is 15.5 Å². The van der Waals surface area contributed by atoms with Crippen molar-refractivity contribution in [3.63, 3.8) is 0 Å². The van der Waals surface area contributed by atoms with Gasteiger partial charge in [-0.3, -0.25) is 4.79 Å². The van der Waals surface area contributed by atoms with Crippen molar-refractivity contribution in [2.24, 2.45) is 0 Å². The minimum atomic E-state index is 0.0657. The third kappa shape index (κ3) is 4.46. The first-order chi connectivity index (χ1) is 10.1. The zero-order valence-corrected chi connectivity index (χ0v) is 13.4. The van der Waals surface area contributed by atoms with Crippen LogP contribution in [0.2, 0.25) is 0 Å². The van der Waals surface area contributed by atoms with Gasteiger partial charge in [0.25, 0.3) is 0 Å². The molecule has 1 atom stereocenters. The lowest BCUT2D eigenvalue weighted by Gasteiger charge is -2.22. The molecular formula is C17H27N3O. The molecule has 0 radical (unpaired) electrons. The van der Waals surface area contributed by atoms with Crippen molar-refractivity contribution in [3.8, 4) is 0 Å². The molecule has 1 aromatic rings. The molecule has 1 saturated heterocycles. The zero-order chi connectivity index (χ0) is 15.2. The van der Waals surface area contributed by atoms with Gasteiger partial charge in [-0.15, -0.1) is 0 Å². The van der Waals surface area contributed by atoms with Crippen molar-refractivity contribution in [3.05, 3.63) is 29.3 Å². The van der Waals surface area contributed by atoms with Gasteiger partial charge in [-0.1, -0.05) is 19.1 Å². The summed E-state index contributed by atoms with van der Waals surface area (Å²) in [4.78, 5) is 13.5. The highest BCUT2D eigenvalue weighted by molar-refractivity contribution is 5.73. The Morgan fingerprint density at radius 2 is 2.24 bits per heavy atom. The summed E-state index contributed by atoms with van der Waals surface area (Å²) in [7, 11) is 0. The van der Waals surface area contributed by atoms with Crippen LogP contribution < -0.4 is 15.5 Å². The molecular weight excluding hydrogens is 262 g/mol. The Hall–Kier alpha value is -1.55. The van der Waals surface area contributed by atoms with Gasteiger partial charge in [-0.05, 0) is 43.5 Å². The summed E-state index contributed by atoms with van der Waals surface area (Å²) < 4.78 is 0. The second kappa shape index (κ2) is 7.46. The fourth-order valence-electron chi connectivity index (χ4n) is 2.98. The van der Waals surface area contributed by atoms with E-state index in [1.165, 1.54) is 16.8 Å². The molecule has 1 fully saturated rings. The maximum atomic E-state index is 11.1. The number of rotatable bonds is 6. The standard InChI is InChI=1S/C17H27N3O/c1-4-8-18-11-15-5-6-17(13(2)10-15)20-9-7-16(12-20)19-14(3)21/h5-6,10,16,18H,4,7-9,11-12H2,1-3H3,(H,19,21). The molecule has 1 unspecified atom stereocenters. The molecule has 0 bridgehead atoms. The highest BCUT2D eigenvalue weighted by Gasteiger charge is 2.24. The van der Waals surface area contributed by atoms with E-state index in [2.05, 4.69) is 47.6 Å². The molecule has 1 heterocycles. The summed E-state index contributed by atoms with van der Waals surface area (Å²) >= 11 is 0. The predicted molar refractivity (Wildman–Crippen MR) is 87.6 cm³/mol. The van der Waals surface area contributed by atoms with Crippen LogP contribution in [0.4, 0.5) is 5.69 Å². The third-order valence-corrected chi connectivity index (χ3v) is 3.95. The molecule has 0 aromatic heterocycles. The molecule has 2 N–H and O–H groups in total. The molecule has 0 aliphatic carbocycles. The maximum absolute atomic E-state index is 11.1. The number of hydrogen-bond acceptors (Lipinski definition) is 3. The Kier molecular flexibility index (Phi) is 5.62. The largest absolute Gasteiger partial charge is 0.369 e. The number of carbonyl (C=O) groups excluding carboxylic acids is 1. The summed E-state index contributed by atoms with van der Waals surface area (Å²) in [6.07, 6.45) is 2.19. The van der Waals surface area contributed by atoms with Crippen LogP contribution in [0.1, 0.15) is 37.8 Å². The van der Waals surface area contributed by atoms with Gasteiger partial charge in [0.1, 0.15) is 0 Å². The first kappa shape index (κ1) is 15.8. The quantitative estimate of drug-likeness (QED) is 0.789. The summed E-state index contributed by atoms with van der Waals surface area (Å²) in [5.41, 5.74) is 3.94. The molecule has 1 aromatic carbocycles. The average molecular weight is 289 g/mol. The summed E-state index contributed by atoms with van der Waals surface area (Å²) in [5, 5.41) is 6.45. The van der Waals surface area contributed by atoms with Crippen molar-refractivity contribution in [1.82, 2.24) is 10.6 Å². The lowest BCUT2D eigenvalue weighted by molar-refractivity contribution is -0.119. The Balaban J connectivity index is 1.96. The van der Waals surface area contributed by atoms with E-state index in [9.17, 15) is 4.79 Å². The van der Waals surface area contributed by atoms with E-state index in [1.807, 2.05) is 0 Å². The van der Waals surface area contributed by atoms with Crippen LogP contribution in [0.3, 0.4) is 0 Å². The number of carbonyl (C=O) groups is 1. The molecule has 1 aliphatic rings. The van der Waals surface area contributed by atoms with Gasteiger partial charge in [0, 0.05) is 38.3 Å². The highest BCUT2D eigenvalue weighted by Crippen LogP contribution is 2.25. The summed E-state index contributed by atoms with van der Waals surface area (Å²) in [6.45, 7) is 9.86. The third-order valence-electron chi connectivity index (χ3n) is 3.95. The van der Waals surface area contributed by atoms with Gasteiger partial charge >= 0.3 is 0 Å². The average Bonchev–Trinajstić information content (AvgIpc) is 2.86. The van der Waals surface area contributed by atoms with E-state index < -0.39 is 0 Å². The molecule has 1 amide bonds. The molecule has 1 aliphatic heterocycles. The highest BCUT2D eigenvalue weighted by atomic mass is 16.1. The number of anilines is 1. The molecule has 2 rings (SSSR count). The maximum Gasteiger partial charge on any atom is 0.217 e. The second-order valence-electron chi connectivity index (χ2n) is 5.93. The molecule has 0 spiro atoms. The van der Waals surface area contributed by atoms with E-state index >= 15 is 0 Å². The van der Waals surface area contributed by atoms with Crippen molar-refractivity contribution in [2.75, 3.05) is 24.5 Å². The number of nitrogens with zero attached hydrogens (tertiary/aromatic N) is 1. The lowest BCUT2D eigenvalue weighted by atomic mass is 10.1. The van der Waals surface area contributed by atoms with Crippen LogP contribution in [0, 0.1) is 6.92 Å². The van der Waals surface area contributed by atoms with Crippen molar-refractivity contribution in [2.45, 2.75) is 46.2 Å². The SMILES string of the molecule is CCCNCc1ccc(N2CCC(NC(C)=O)C2)c(C)c1. The van der Waals surface area contributed by atoms with Crippen LogP contribution in [0.5, 0.6) is 0 Å². The van der Waals surface area contributed by atoms with Crippen LogP contribution >= 0.6 is 0 Å². The van der Waals surface area contributed by atoms with Gasteiger partial charge in [0.15, 0.2) is 0 Å². The van der Waals surface area contributed by atoms with Crippen molar-refractivity contribution >= 4 is 11.6 Å². The first-order valence-corrected chi connectivity index (χ1v) is 7.92.